The van der Waals surface area contributed by atoms with Gasteiger partial charge in [-0.1, -0.05) is 0 Å². The van der Waals surface area contributed by atoms with Crippen LogP contribution in [0.3, 0.4) is 0 Å². The van der Waals surface area contributed by atoms with Crippen molar-refractivity contribution in [2.45, 2.75) is 39.3 Å². The van der Waals surface area contributed by atoms with E-state index in [1.165, 1.54) is 29.1 Å². The minimum absolute atomic E-state index is 0.446. The first-order chi connectivity index (χ1) is 10.2. The molecule has 2 aromatic heterocycles. The van der Waals surface area contributed by atoms with Crippen LogP contribution in [0.4, 0.5) is 5.95 Å². The van der Waals surface area contributed by atoms with Gasteiger partial charge in [-0.3, -0.25) is 4.90 Å². The van der Waals surface area contributed by atoms with Crippen molar-refractivity contribution in [3.05, 3.63) is 39.8 Å². The third-order valence-corrected chi connectivity index (χ3v) is 4.79. The van der Waals surface area contributed by atoms with Crippen molar-refractivity contribution in [3.8, 4) is 0 Å². The van der Waals surface area contributed by atoms with Gasteiger partial charge >= 0.3 is 0 Å². The summed E-state index contributed by atoms with van der Waals surface area (Å²) in [6.45, 7) is 7.48. The molecule has 0 bridgehead atoms. The van der Waals surface area contributed by atoms with E-state index in [0.717, 1.165) is 24.7 Å². The topological polar surface area (TPSA) is 41.1 Å². The fourth-order valence-corrected chi connectivity index (χ4v) is 3.74. The Morgan fingerprint density at radius 2 is 2.24 bits per heavy atom. The summed E-state index contributed by atoms with van der Waals surface area (Å²) >= 11 is 1.90. The fourth-order valence-electron chi connectivity index (χ4n) is 2.81. The van der Waals surface area contributed by atoms with E-state index in [9.17, 15) is 0 Å². The zero-order valence-electron chi connectivity index (χ0n) is 12.7. The number of nitrogens with zero attached hydrogens (tertiary/aromatic N) is 3. The van der Waals surface area contributed by atoms with E-state index in [0.29, 0.717) is 6.04 Å². The lowest BCUT2D eigenvalue weighted by Gasteiger charge is -2.32. The molecule has 0 aliphatic carbocycles. The first-order valence-corrected chi connectivity index (χ1v) is 8.34. The molecule has 0 radical (unpaired) electrons. The minimum Gasteiger partial charge on any atom is -0.350 e. The Kier molecular flexibility index (Phi) is 4.51. The molecule has 3 heterocycles. The molecule has 1 aliphatic rings. The van der Waals surface area contributed by atoms with Crippen molar-refractivity contribution >= 4 is 17.3 Å². The van der Waals surface area contributed by atoms with Gasteiger partial charge in [0.15, 0.2) is 0 Å². The highest BCUT2D eigenvalue weighted by atomic mass is 32.1. The zero-order chi connectivity index (χ0) is 14.7. The van der Waals surface area contributed by atoms with Gasteiger partial charge in [0, 0.05) is 40.8 Å². The highest BCUT2D eigenvalue weighted by Crippen LogP contribution is 2.20. The molecule has 4 nitrogen and oxygen atoms in total. The van der Waals surface area contributed by atoms with Crippen molar-refractivity contribution in [3.63, 3.8) is 0 Å². The molecular formula is C16H22N4S. The van der Waals surface area contributed by atoms with E-state index >= 15 is 0 Å². The number of piperidine rings is 1. The van der Waals surface area contributed by atoms with Gasteiger partial charge in [-0.25, -0.2) is 9.97 Å². The summed E-state index contributed by atoms with van der Waals surface area (Å²) in [4.78, 5) is 14.1. The summed E-state index contributed by atoms with van der Waals surface area (Å²) in [5.74, 6) is 0.758. The summed E-state index contributed by atoms with van der Waals surface area (Å²) in [6.07, 6.45) is 4.24. The molecule has 112 valence electrons. The highest BCUT2D eigenvalue weighted by Gasteiger charge is 2.20. The summed E-state index contributed by atoms with van der Waals surface area (Å²) in [6, 6.07) is 6.83. The van der Waals surface area contributed by atoms with Crippen LogP contribution in [0.1, 0.15) is 28.3 Å². The lowest BCUT2D eigenvalue weighted by atomic mass is 10.1. The van der Waals surface area contributed by atoms with Gasteiger partial charge < -0.3 is 5.32 Å². The molecule has 0 spiro atoms. The van der Waals surface area contributed by atoms with E-state index in [-0.39, 0.29) is 0 Å². The van der Waals surface area contributed by atoms with Crippen molar-refractivity contribution in [2.24, 2.45) is 0 Å². The van der Waals surface area contributed by atoms with Crippen LogP contribution in [0.2, 0.25) is 0 Å². The third-order valence-electron chi connectivity index (χ3n) is 3.81. The predicted octanol–water partition coefficient (Wildman–Crippen LogP) is 3.23. The van der Waals surface area contributed by atoms with E-state index in [4.69, 9.17) is 0 Å². The lowest BCUT2D eigenvalue weighted by molar-refractivity contribution is 0.210. The predicted molar refractivity (Wildman–Crippen MR) is 87.7 cm³/mol. The number of likely N-dealkylation sites (tertiary alicyclic amines) is 1. The van der Waals surface area contributed by atoms with Gasteiger partial charge in [-0.15, -0.1) is 11.3 Å². The monoisotopic (exact) mass is 302 g/mol. The Hall–Kier alpha value is -1.46. The van der Waals surface area contributed by atoms with Crippen molar-refractivity contribution in [2.75, 3.05) is 18.4 Å². The molecule has 0 saturated carbocycles. The van der Waals surface area contributed by atoms with Gasteiger partial charge in [0.25, 0.3) is 0 Å². The second kappa shape index (κ2) is 6.54. The molecule has 1 fully saturated rings. The van der Waals surface area contributed by atoms with Crippen LogP contribution in [0.5, 0.6) is 0 Å². The maximum absolute atomic E-state index is 4.44. The Balaban J connectivity index is 1.58. The second-order valence-corrected chi connectivity index (χ2v) is 7.13. The Morgan fingerprint density at radius 3 is 3.00 bits per heavy atom. The van der Waals surface area contributed by atoms with E-state index in [2.05, 4.69) is 39.2 Å². The van der Waals surface area contributed by atoms with Crippen LogP contribution in [-0.2, 0) is 6.54 Å². The number of nitrogens with one attached hydrogen (secondary N) is 1. The highest BCUT2D eigenvalue weighted by molar-refractivity contribution is 7.11. The minimum atomic E-state index is 0.446. The molecule has 1 N–H and O–H groups in total. The number of thiophene rings is 1. The molecule has 0 aromatic carbocycles. The normalized spacial score (nSPS) is 19.6. The van der Waals surface area contributed by atoms with E-state index in [1.54, 1.807) is 0 Å². The van der Waals surface area contributed by atoms with Gasteiger partial charge in [0.2, 0.25) is 5.95 Å². The molecular weight excluding hydrogens is 280 g/mol. The van der Waals surface area contributed by atoms with Crippen molar-refractivity contribution in [1.29, 1.82) is 0 Å². The summed E-state index contributed by atoms with van der Waals surface area (Å²) < 4.78 is 0. The molecule has 1 unspecified atom stereocenters. The van der Waals surface area contributed by atoms with Crippen LogP contribution in [-0.4, -0.2) is 34.0 Å². The first-order valence-electron chi connectivity index (χ1n) is 7.53. The third kappa shape index (κ3) is 4.02. The summed E-state index contributed by atoms with van der Waals surface area (Å²) in [5.41, 5.74) is 1.01. The smallest absolute Gasteiger partial charge is 0.223 e. The van der Waals surface area contributed by atoms with E-state index < -0.39 is 0 Å². The number of anilines is 1. The number of hydrogen-bond acceptors (Lipinski definition) is 5. The number of hydrogen-bond donors (Lipinski definition) is 1. The molecule has 1 atom stereocenters. The Morgan fingerprint density at radius 1 is 1.33 bits per heavy atom. The van der Waals surface area contributed by atoms with Crippen LogP contribution in [0.15, 0.2) is 24.4 Å². The van der Waals surface area contributed by atoms with E-state index in [1.807, 2.05) is 30.5 Å². The van der Waals surface area contributed by atoms with Crippen molar-refractivity contribution in [1.82, 2.24) is 14.9 Å². The standard InChI is InChI=1S/C16H22N4S/c1-12-7-8-17-16(18-12)19-14-4-3-9-20(10-14)11-15-6-5-13(2)21-15/h5-8,14H,3-4,9-11H2,1-2H3,(H,17,18,19). The quantitative estimate of drug-likeness (QED) is 0.941. The van der Waals surface area contributed by atoms with Crippen LogP contribution >= 0.6 is 11.3 Å². The number of aryl methyl sites for hydroxylation is 2. The number of rotatable bonds is 4. The molecule has 1 aliphatic heterocycles. The van der Waals surface area contributed by atoms with Crippen LogP contribution in [0, 0.1) is 13.8 Å². The average Bonchev–Trinajstić information content (AvgIpc) is 2.84. The fraction of sp³-hybridized carbons (Fsp3) is 0.500. The molecule has 1 saturated heterocycles. The molecule has 2 aromatic rings. The molecule has 0 amide bonds. The molecule has 21 heavy (non-hydrogen) atoms. The summed E-state index contributed by atoms with van der Waals surface area (Å²) in [7, 11) is 0. The first kappa shape index (κ1) is 14.5. The van der Waals surface area contributed by atoms with Crippen LogP contribution < -0.4 is 5.32 Å². The van der Waals surface area contributed by atoms with Crippen molar-refractivity contribution < 1.29 is 0 Å². The van der Waals surface area contributed by atoms with Gasteiger partial charge in [0.05, 0.1) is 0 Å². The molecule has 3 rings (SSSR count). The number of aromatic nitrogens is 2. The van der Waals surface area contributed by atoms with Gasteiger partial charge in [0.1, 0.15) is 0 Å². The maximum Gasteiger partial charge on any atom is 0.223 e. The Bertz CT molecular complexity index is 595. The largest absolute Gasteiger partial charge is 0.350 e. The molecule has 5 heteroatoms. The Labute approximate surface area is 130 Å². The SMILES string of the molecule is Cc1ccnc(NC2CCCN(Cc3ccc(C)s3)C2)n1. The average molecular weight is 302 g/mol. The van der Waals surface area contributed by atoms with Crippen LogP contribution in [0.25, 0.3) is 0 Å². The lowest BCUT2D eigenvalue weighted by Crippen LogP contribution is -2.41. The second-order valence-electron chi connectivity index (χ2n) is 5.75. The summed E-state index contributed by atoms with van der Waals surface area (Å²) in [5, 5.41) is 3.48. The van der Waals surface area contributed by atoms with Gasteiger partial charge in [-0.2, -0.15) is 0 Å². The van der Waals surface area contributed by atoms with Gasteiger partial charge in [-0.05, 0) is 51.4 Å². The maximum atomic E-state index is 4.44. The zero-order valence-corrected chi connectivity index (χ0v) is 13.5.